The lowest BCUT2D eigenvalue weighted by Crippen LogP contribution is -2.14. The van der Waals surface area contributed by atoms with Gasteiger partial charge >= 0.3 is 0 Å². The Bertz CT molecular complexity index is 664. The molecular weight excluding hydrogens is 245 g/mol. The predicted octanol–water partition coefficient (Wildman–Crippen LogP) is 1.08. The minimum Gasteiger partial charge on any atom is -0.383 e. The number of anilines is 1. The number of nitrogens with two attached hydrogens (primary N) is 1. The molecule has 0 atom stereocenters. The summed E-state index contributed by atoms with van der Waals surface area (Å²) < 4.78 is 36.8. The van der Waals surface area contributed by atoms with Gasteiger partial charge in [0.1, 0.15) is 11.6 Å². The molecule has 2 rings (SSSR count). The lowest BCUT2D eigenvalue weighted by Gasteiger charge is -1.99. The topological polar surface area (TPSA) is 78.0 Å². The summed E-state index contributed by atoms with van der Waals surface area (Å²) in [5.74, 6) is -0.531. The minimum atomic E-state index is -3.58. The van der Waals surface area contributed by atoms with Crippen LogP contribution in [0.15, 0.2) is 30.3 Å². The SMILES string of the molecule is CS(=O)(=O)n1nc(-c2ccccc2F)cc1N. The molecule has 0 saturated carbocycles. The summed E-state index contributed by atoms with van der Waals surface area (Å²) in [7, 11) is -3.58. The molecule has 0 aliphatic heterocycles. The molecule has 0 fully saturated rings. The fourth-order valence-electron chi connectivity index (χ4n) is 1.45. The highest BCUT2D eigenvalue weighted by Crippen LogP contribution is 2.23. The maximum absolute atomic E-state index is 13.5. The summed E-state index contributed by atoms with van der Waals surface area (Å²) in [6, 6.07) is 7.26. The number of halogens is 1. The van der Waals surface area contributed by atoms with E-state index < -0.39 is 15.8 Å². The molecule has 0 aliphatic rings. The van der Waals surface area contributed by atoms with Gasteiger partial charge in [0.2, 0.25) is 0 Å². The molecule has 0 radical (unpaired) electrons. The Morgan fingerprint density at radius 2 is 2.00 bits per heavy atom. The van der Waals surface area contributed by atoms with Gasteiger partial charge in [-0.05, 0) is 12.1 Å². The standard InChI is InChI=1S/C10H10FN3O2S/c1-17(15,16)14-10(12)6-9(13-14)7-4-2-3-5-8(7)11/h2-6H,12H2,1H3. The highest BCUT2D eigenvalue weighted by molar-refractivity contribution is 7.89. The lowest BCUT2D eigenvalue weighted by atomic mass is 10.1. The van der Waals surface area contributed by atoms with Gasteiger partial charge in [-0.3, -0.25) is 0 Å². The Morgan fingerprint density at radius 1 is 1.35 bits per heavy atom. The summed E-state index contributed by atoms with van der Waals surface area (Å²) in [5, 5.41) is 3.78. The third-order valence-corrected chi connectivity index (χ3v) is 3.09. The first-order valence-electron chi connectivity index (χ1n) is 4.70. The molecule has 17 heavy (non-hydrogen) atoms. The highest BCUT2D eigenvalue weighted by atomic mass is 32.2. The maximum Gasteiger partial charge on any atom is 0.252 e. The monoisotopic (exact) mass is 255 g/mol. The van der Waals surface area contributed by atoms with Crippen LogP contribution in [0, 0.1) is 5.82 Å². The molecule has 0 amide bonds. The molecule has 7 heteroatoms. The van der Waals surface area contributed by atoms with Crippen LogP contribution in [0.1, 0.15) is 0 Å². The van der Waals surface area contributed by atoms with Crippen molar-refractivity contribution in [3.8, 4) is 11.3 Å². The Balaban J connectivity index is 2.61. The molecule has 5 nitrogen and oxygen atoms in total. The number of benzene rings is 1. The summed E-state index contributed by atoms with van der Waals surface area (Å²) in [6.45, 7) is 0. The van der Waals surface area contributed by atoms with Crippen molar-refractivity contribution in [1.82, 2.24) is 9.19 Å². The van der Waals surface area contributed by atoms with E-state index in [1.54, 1.807) is 6.07 Å². The van der Waals surface area contributed by atoms with Crippen LogP contribution in [0.25, 0.3) is 11.3 Å². The van der Waals surface area contributed by atoms with E-state index >= 15 is 0 Å². The summed E-state index contributed by atoms with van der Waals surface area (Å²) in [5.41, 5.74) is 5.91. The predicted molar refractivity (Wildman–Crippen MR) is 62.3 cm³/mol. The van der Waals surface area contributed by atoms with Crippen molar-refractivity contribution < 1.29 is 12.8 Å². The molecule has 2 N–H and O–H groups in total. The number of nitrogens with zero attached hydrogens (tertiary/aromatic N) is 2. The van der Waals surface area contributed by atoms with Gasteiger partial charge in [-0.1, -0.05) is 12.1 Å². The lowest BCUT2D eigenvalue weighted by molar-refractivity contribution is 0.587. The minimum absolute atomic E-state index is 0.0502. The maximum atomic E-state index is 13.5. The third-order valence-electron chi connectivity index (χ3n) is 2.17. The van der Waals surface area contributed by atoms with Crippen molar-refractivity contribution in [3.05, 3.63) is 36.1 Å². The second-order valence-electron chi connectivity index (χ2n) is 3.54. The zero-order valence-electron chi connectivity index (χ0n) is 8.96. The first kappa shape index (κ1) is 11.6. The van der Waals surface area contributed by atoms with Crippen molar-refractivity contribution in [2.45, 2.75) is 0 Å². The fraction of sp³-hybridized carbons (Fsp3) is 0.100. The molecule has 1 heterocycles. The number of rotatable bonds is 2. The van der Waals surface area contributed by atoms with Crippen molar-refractivity contribution in [2.24, 2.45) is 0 Å². The number of hydrogen-bond donors (Lipinski definition) is 1. The third kappa shape index (κ3) is 2.14. The van der Waals surface area contributed by atoms with E-state index in [9.17, 15) is 12.8 Å². The zero-order valence-corrected chi connectivity index (χ0v) is 9.78. The zero-order chi connectivity index (χ0) is 12.6. The van der Waals surface area contributed by atoms with Gasteiger partial charge in [-0.2, -0.15) is 5.10 Å². The number of nitrogen functional groups attached to an aromatic ring is 1. The van der Waals surface area contributed by atoms with Gasteiger partial charge in [0.15, 0.2) is 0 Å². The van der Waals surface area contributed by atoms with E-state index in [1.807, 2.05) is 0 Å². The molecule has 1 aromatic heterocycles. The quantitative estimate of drug-likeness (QED) is 0.871. The Labute approximate surface area is 97.7 Å². The fourth-order valence-corrected chi connectivity index (χ4v) is 2.12. The van der Waals surface area contributed by atoms with Crippen LogP contribution in [0.5, 0.6) is 0 Å². The van der Waals surface area contributed by atoms with Crippen LogP contribution < -0.4 is 5.73 Å². The Kier molecular flexibility index (Phi) is 2.62. The van der Waals surface area contributed by atoms with E-state index in [0.717, 1.165) is 6.26 Å². The molecule has 2 aromatic rings. The summed E-state index contributed by atoms with van der Waals surface area (Å²) in [6.07, 6.45) is 0.974. The number of hydrogen-bond acceptors (Lipinski definition) is 4. The van der Waals surface area contributed by atoms with Crippen LogP contribution in [-0.2, 0) is 10.0 Å². The van der Waals surface area contributed by atoms with Crippen molar-refractivity contribution >= 4 is 15.8 Å². The van der Waals surface area contributed by atoms with Gasteiger partial charge in [-0.15, -0.1) is 4.09 Å². The van der Waals surface area contributed by atoms with Crippen LogP contribution in [-0.4, -0.2) is 23.9 Å². The van der Waals surface area contributed by atoms with Crippen LogP contribution in [0.4, 0.5) is 10.2 Å². The normalized spacial score (nSPS) is 11.6. The Hall–Kier alpha value is -1.89. The van der Waals surface area contributed by atoms with Crippen molar-refractivity contribution in [2.75, 3.05) is 12.0 Å². The van der Waals surface area contributed by atoms with Crippen LogP contribution in [0.3, 0.4) is 0 Å². The largest absolute Gasteiger partial charge is 0.383 e. The molecule has 90 valence electrons. The summed E-state index contributed by atoms with van der Waals surface area (Å²) >= 11 is 0. The first-order valence-corrected chi connectivity index (χ1v) is 6.55. The van der Waals surface area contributed by atoms with Gasteiger partial charge in [0, 0.05) is 11.6 Å². The average molecular weight is 255 g/mol. The van der Waals surface area contributed by atoms with Gasteiger partial charge < -0.3 is 5.73 Å². The van der Waals surface area contributed by atoms with Crippen LogP contribution >= 0.6 is 0 Å². The van der Waals surface area contributed by atoms with E-state index in [4.69, 9.17) is 5.73 Å². The molecule has 0 unspecified atom stereocenters. The summed E-state index contributed by atoms with van der Waals surface area (Å²) in [4.78, 5) is 0. The molecule has 1 aromatic carbocycles. The number of aromatic nitrogens is 2. The van der Waals surface area contributed by atoms with Crippen LogP contribution in [0.2, 0.25) is 0 Å². The molecular formula is C10H10FN3O2S. The van der Waals surface area contributed by atoms with Gasteiger partial charge in [0.05, 0.1) is 11.9 Å². The van der Waals surface area contributed by atoms with Gasteiger partial charge in [-0.25, -0.2) is 12.8 Å². The van der Waals surface area contributed by atoms with E-state index in [-0.39, 0.29) is 17.1 Å². The smallest absolute Gasteiger partial charge is 0.252 e. The molecule has 0 saturated heterocycles. The first-order chi connectivity index (χ1) is 7.89. The van der Waals surface area contributed by atoms with Crippen molar-refractivity contribution in [1.29, 1.82) is 0 Å². The van der Waals surface area contributed by atoms with E-state index in [2.05, 4.69) is 5.10 Å². The highest BCUT2D eigenvalue weighted by Gasteiger charge is 2.15. The van der Waals surface area contributed by atoms with E-state index in [0.29, 0.717) is 4.09 Å². The van der Waals surface area contributed by atoms with E-state index in [1.165, 1.54) is 24.3 Å². The van der Waals surface area contributed by atoms with Gasteiger partial charge in [0.25, 0.3) is 10.0 Å². The molecule has 0 aliphatic carbocycles. The van der Waals surface area contributed by atoms with Crippen molar-refractivity contribution in [3.63, 3.8) is 0 Å². The Morgan fingerprint density at radius 3 is 2.53 bits per heavy atom. The molecule has 0 bridgehead atoms. The average Bonchev–Trinajstić information content (AvgIpc) is 2.60. The molecule has 0 spiro atoms. The second-order valence-corrected chi connectivity index (χ2v) is 5.35. The second kappa shape index (κ2) is 3.85.